The summed E-state index contributed by atoms with van der Waals surface area (Å²) < 4.78 is 52.2. The third-order valence-corrected chi connectivity index (χ3v) is 4.30. The van der Waals surface area contributed by atoms with Crippen molar-refractivity contribution in [2.75, 3.05) is 19.5 Å². The van der Waals surface area contributed by atoms with Crippen molar-refractivity contribution in [3.8, 4) is 17.2 Å². The fourth-order valence-corrected chi connectivity index (χ4v) is 3.08. The van der Waals surface area contributed by atoms with Gasteiger partial charge >= 0.3 is 12.1 Å². The molecule has 1 unspecified atom stereocenters. The van der Waals surface area contributed by atoms with Gasteiger partial charge in [0.2, 0.25) is 5.91 Å². The average Bonchev–Trinajstić information content (AvgIpc) is 2.98. The Labute approximate surface area is 151 Å². The van der Waals surface area contributed by atoms with E-state index >= 15 is 0 Å². The second-order valence-electron chi connectivity index (χ2n) is 5.86. The van der Waals surface area contributed by atoms with E-state index in [-0.39, 0.29) is 22.8 Å². The van der Waals surface area contributed by atoms with Crippen LogP contribution in [-0.2, 0) is 4.79 Å². The zero-order valence-corrected chi connectivity index (χ0v) is 14.3. The van der Waals surface area contributed by atoms with Gasteiger partial charge in [0.15, 0.2) is 0 Å². The van der Waals surface area contributed by atoms with Gasteiger partial charge in [-0.15, -0.1) is 0 Å². The molecule has 2 aromatic rings. The lowest BCUT2D eigenvalue weighted by molar-refractivity contribution is -0.157. The van der Waals surface area contributed by atoms with Crippen molar-refractivity contribution in [2.24, 2.45) is 0 Å². The zero-order chi connectivity index (χ0) is 19.9. The minimum atomic E-state index is -4.74. The first-order valence-corrected chi connectivity index (χ1v) is 7.74. The van der Waals surface area contributed by atoms with Crippen LogP contribution in [0.2, 0.25) is 0 Å². The molecule has 7 nitrogen and oxygen atoms in total. The Kier molecular flexibility index (Phi) is 4.50. The van der Waals surface area contributed by atoms with Gasteiger partial charge in [-0.1, -0.05) is 0 Å². The summed E-state index contributed by atoms with van der Waals surface area (Å²) in [5.74, 6) is -3.91. The van der Waals surface area contributed by atoms with Crippen LogP contribution < -0.4 is 14.8 Å². The molecule has 3 rings (SSSR count). The van der Waals surface area contributed by atoms with Crippen molar-refractivity contribution >= 4 is 17.6 Å². The summed E-state index contributed by atoms with van der Waals surface area (Å²) >= 11 is 0. The van der Waals surface area contributed by atoms with Gasteiger partial charge in [-0.25, -0.2) is 4.79 Å². The predicted molar refractivity (Wildman–Crippen MR) is 87.9 cm³/mol. The molecule has 2 heterocycles. The number of hydrogen-bond acceptors (Lipinski definition) is 4. The number of halogens is 3. The highest BCUT2D eigenvalue weighted by atomic mass is 19.4. The van der Waals surface area contributed by atoms with E-state index in [9.17, 15) is 27.9 Å². The maximum Gasteiger partial charge on any atom is 0.397 e. The van der Waals surface area contributed by atoms with Crippen molar-refractivity contribution in [1.29, 1.82) is 0 Å². The Morgan fingerprint density at radius 2 is 2.00 bits per heavy atom. The number of aromatic nitrogens is 1. The number of aromatic carboxylic acids is 1. The largest absolute Gasteiger partial charge is 0.497 e. The van der Waals surface area contributed by atoms with Crippen molar-refractivity contribution in [2.45, 2.75) is 18.5 Å². The molecule has 1 aromatic heterocycles. The van der Waals surface area contributed by atoms with Gasteiger partial charge in [-0.2, -0.15) is 13.2 Å². The summed E-state index contributed by atoms with van der Waals surface area (Å²) in [6.45, 7) is 0. The molecule has 144 valence electrons. The molecule has 0 aliphatic carbocycles. The molecule has 1 aliphatic rings. The Morgan fingerprint density at radius 3 is 2.56 bits per heavy atom. The van der Waals surface area contributed by atoms with Crippen LogP contribution in [0.15, 0.2) is 24.4 Å². The lowest BCUT2D eigenvalue weighted by Crippen LogP contribution is -2.33. The van der Waals surface area contributed by atoms with E-state index in [0.29, 0.717) is 5.75 Å². The third kappa shape index (κ3) is 3.18. The van der Waals surface area contributed by atoms with Crippen LogP contribution in [0.4, 0.5) is 18.9 Å². The molecule has 2 N–H and O–H groups in total. The maximum atomic E-state index is 13.6. The molecule has 1 atom stereocenters. The van der Waals surface area contributed by atoms with Crippen molar-refractivity contribution < 1.29 is 37.3 Å². The Hall–Kier alpha value is -3.17. The number of carboxylic acids is 1. The molecule has 1 amide bonds. The van der Waals surface area contributed by atoms with Crippen LogP contribution in [0.3, 0.4) is 0 Å². The van der Waals surface area contributed by atoms with Crippen LogP contribution in [0, 0.1) is 0 Å². The van der Waals surface area contributed by atoms with Gasteiger partial charge in [-0.3, -0.25) is 4.79 Å². The summed E-state index contributed by atoms with van der Waals surface area (Å²) in [5, 5.41) is 11.6. The normalized spacial score (nSPS) is 16.5. The number of carboxylic acid groups (broad SMARTS) is 1. The minimum Gasteiger partial charge on any atom is -0.497 e. The highest BCUT2D eigenvalue weighted by Gasteiger charge is 2.48. The number of alkyl halides is 3. The average molecular weight is 384 g/mol. The molecule has 1 aromatic carbocycles. The number of methoxy groups -OCH3 is 2. The van der Waals surface area contributed by atoms with E-state index in [0.717, 1.165) is 10.8 Å². The van der Waals surface area contributed by atoms with Crippen molar-refractivity contribution in [3.05, 3.63) is 35.7 Å². The molecule has 0 saturated carbocycles. The number of hydrogen-bond donors (Lipinski definition) is 2. The van der Waals surface area contributed by atoms with E-state index in [1.165, 1.54) is 32.4 Å². The summed E-state index contributed by atoms with van der Waals surface area (Å²) in [5.41, 5.74) is -0.973. The van der Waals surface area contributed by atoms with Gasteiger partial charge in [0, 0.05) is 18.7 Å². The highest BCUT2D eigenvalue weighted by Crippen LogP contribution is 2.47. The smallest absolute Gasteiger partial charge is 0.397 e. The van der Waals surface area contributed by atoms with Crippen LogP contribution in [0.25, 0.3) is 5.69 Å². The number of nitrogens with one attached hydrogen (secondary N) is 1. The number of amides is 1. The summed E-state index contributed by atoms with van der Waals surface area (Å²) in [4.78, 5) is 23.3. The van der Waals surface area contributed by atoms with Gasteiger partial charge in [0.1, 0.15) is 23.0 Å². The number of carbonyl (C=O) groups excluding carboxylic acids is 1. The predicted octanol–water partition coefficient (Wildman–Crippen LogP) is 3.18. The SMILES string of the molecule is COc1ccc(-n2cc(C(=O)O)c3c2C(C(F)(F)F)CC(=O)N3)c(OC)c1. The molecule has 0 radical (unpaired) electrons. The van der Waals surface area contributed by atoms with Crippen LogP contribution >= 0.6 is 0 Å². The second kappa shape index (κ2) is 6.53. The van der Waals surface area contributed by atoms with Crippen LogP contribution in [0.5, 0.6) is 11.5 Å². The van der Waals surface area contributed by atoms with E-state index in [1.807, 2.05) is 0 Å². The van der Waals surface area contributed by atoms with Gasteiger partial charge in [0.05, 0.1) is 31.3 Å². The fraction of sp³-hybridized carbons (Fsp3) is 0.294. The summed E-state index contributed by atoms with van der Waals surface area (Å²) in [7, 11) is 2.75. The van der Waals surface area contributed by atoms with Crippen molar-refractivity contribution in [1.82, 2.24) is 4.57 Å². The zero-order valence-electron chi connectivity index (χ0n) is 14.3. The molecular weight excluding hydrogens is 369 g/mol. The van der Waals surface area contributed by atoms with Crippen LogP contribution in [0.1, 0.15) is 28.4 Å². The van der Waals surface area contributed by atoms with E-state index < -0.39 is 36.0 Å². The molecule has 0 fully saturated rings. The molecule has 27 heavy (non-hydrogen) atoms. The summed E-state index contributed by atoms with van der Waals surface area (Å²) in [6.07, 6.45) is -4.53. The second-order valence-corrected chi connectivity index (χ2v) is 5.86. The standard InChI is InChI=1S/C17H15F3N2O5/c1-26-8-3-4-11(12(5-8)27-2)22-7-9(16(24)25)14-15(22)10(17(18,19)20)6-13(23)21-14/h3-5,7,10H,6H2,1-2H3,(H,21,23)(H,24,25). The molecule has 0 bridgehead atoms. The Balaban J connectivity index is 2.31. The lowest BCUT2D eigenvalue weighted by atomic mass is 9.94. The molecule has 10 heteroatoms. The molecule has 1 aliphatic heterocycles. The topological polar surface area (TPSA) is 89.8 Å². The van der Waals surface area contributed by atoms with Gasteiger partial charge in [0.25, 0.3) is 0 Å². The van der Waals surface area contributed by atoms with Crippen LogP contribution in [-0.4, -0.2) is 41.9 Å². The lowest BCUT2D eigenvalue weighted by Gasteiger charge is -2.27. The molecular formula is C17H15F3N2O5. The van der Waals surface area contributed by atoms with E-state index in [4.69, 9.17) is 9.47 Å². The quantitative estimate of drug-likeness (QED) is 0.845. The number of nitrogens with zero attached hydrogens (tertiary/aromatic N) is 1. The number of fused-ring (bicyclic) bond motifs is 1. The van der Waals surface area contributed by atoms with E-state index in [1.54, 1.807) is 0 Å². The number of anilines is 1. The maximum absolute atomic E-state index is 13.6. The monoisotopic (exact) mass is 384 g/mol. The first-order chi connectivity index (χ1) is 12.7. The molecule has 0 spiro atoms. The fourth-order valence-electron chi connectivity index (χ4n) is 3.08. The molecule has 0 saturated heterocycles. The summed E-state index contributed by atoms with van der Waals surface area (Å²) in [6, 6.07) is 4.42. The third-order valence-electron chi connectivity index (χ3n) is 4.30. The first kappa shape index (κ1) is 18.6. The minimum absolute atomic E-state index is 0.182. The Bertz CT molecular complexity index is 920. The Morgan fingerprint density at radius 1 is 1.30 bits per heavy atom. The van der Waals surface area contributed by atoms with Gasteiger partial charge < -0.3 is 24.5 Å². The number of ether oxygens (including phenoxy) is 2. The first-order valence-electron chi connectivity index (χ1n) is 7.74. The van der Waals surface area contributed by atoms with Gasteiger partial charge in [-0.05, 0) is 12.1 Å². The number of carbonyl (C=O) groups is 2. The highest BCUT2D eigenvalue weighted by molar-refractivity contribution is 6.04. The number of benzene rings is 1. The van der Waals surface area contributed by atoms with E-state index in [2.05, 4.69) is 5.32 Å². The van der Waals surface area contributed by atoms with Crippen molar-refractivity contribution in [3.63, 3.8) is 0 Å². The number of rotatable bonds is 4.